The molecule has 3 aromatic rings. The van der Waals surface area contributed by atoms with Gasteiger partial charge < -0.3 is 5.32 Å². The average molecular weight is 333 g/mol. The van der Waals surface area contributed by atoms with E-state index in [0.717, 1.165) is 10.7 Å². The van der Waals surface area contributed by atoms with Crippen molar-refractivity contribution < 1.29 is 4.79 Å². The van der Waals surface area contributed by atoms with E-state index >= 15 is 0 Å². The van der Waals surface area contributed by atoms with E-state index in [-0.39, 0.29) is 11.9 Å². The van der Waals surface area contributed by atoms with Crippen molar-refractivity contribution in [3.05, 3.63) is 58.6 Å². The lowest BCUT2D eigenvalue weighted by atomic mass is 10.2. The largest absolute Gasteiger partial charge is 0.344 e. The van der Waals surface area contributed by atoms with Crippen LogP contribution in [-0.2, 0) is 4.79 Å². The highest BCUT2D eigenvalue weighted by Crippen LogP contribution is 2.22. The third kappa shape index (κ3) is 3.03. The lowest BCUT2D eigenvalue weighted by molar-refractivity contribution is -0.117. The smallest absolute Gasteiger partial charge is 0.244 e. The Balaban J connectivity index is 1.71. The number of hydrogen-bond acceptors (Lipinski definition) is 4. The molecule has 0 saturated heterocycles. The molecule has 0 aromatic carbocycles. The monoisotopic (exact) mass is 332 g/mol. The molecular weight excluding hydrogens is 320 g/mol. The summed E-state index contributed by atoms with van der Waals surface area (Å²) in [5.74, 6) is -0.209. The minimum absolute atomic E-state index is 0.166. The van der Waals surface area contributed by atoms with Crippen LogP contribution in [-0.4, -0.2) is 20.3 Å². The van der Waals surface area contributed by atoms with Gasteiger partial charge in [-0.1, -0.05) is 17.7 Å². The minimum Gasteiger partial charge on any atom is -0.344 e. The number of pyridine rings is 1. The highest BCUT2D eigenvalue weighted by molar-refractivity contribution is 7.15. The van der Waals surface area contributed by atoms with Gasteiger partial charge in [0.05, 0.1) is 17.4 Å². The molecule has 0 bridgehead atoms. The van der Waals surface area contributed by atoms with Gasteiger partial charge in [0.25, 0.3) is 0 Å². The Bertz CT molecular complexity index is 825. The number of carbonyl (C=O) groups excluding carboxylic acids is 1. The number of aromatic nitrogens is 3. The van der Waals surface area contributed by atoms with E-state index in [1.165, 1.54) is 17.4 Å². The second kappa shape index (κ2) is 6.29. The summed E-state index contributed by atoms with van der Waals surface area (Å²) in [6.45, 7) is 1.89. The molecule has 3 rings (SSSR count). The zero-order valence-corrected chi connectivity index (χ0v) is 13.3. The first-order chi connectivity index (χ1) is 10.6. The van der Waals surface area contributed by atoms with E-state index in [2.05, 4.69) is 15.3 Å². The Kier molecular flexibility index (Phi) is 4.22. The van der Waals surface area contributed by atoms with Crippen molar-refractivity contribution in [3.8, 4) is 0 Å². The summed E-state index contributed by atoms with van der Waals surface area (Å²) in [7, 11) is 0. The van der Waals surface area contributed by atoms with Crippen molar-refractivity contribution in [2.24, 2.45) is 0 Å². The predicted octanol–water partition coefficient (Wildman–Crippen LogP) is 3.33. The molecule has 22 heavy (non-hydrogen) atoms. The highest BCUT2D eigenvalue weighted by atomic mass is 35.5. The topological polar surface area (TPSA) is 59.3 Å². The Morgan fingerprint density at radius 2 is 2.36 bits per heavy atom. The molecule has 0 aliphatic heterocycles. The van der Waals surface area contributed by atoms with Crippen molar-refractivity contribution in [3.63, 3.8) is 0 Å². The van der Waals surface area contributed by atoms with Crippen LogP contribution in [0.5, 0.6) is 0 Å². The summed E-state index contributed by atoms with van der Waals surface area (Å²) in [5.41, 5.74) is 1.51. The van der Waals surface area contributed by atoms with Crippen molar-refractivity contribution in [2.45, 2.75) is 13.0 Å². The first-order valence-corrected chi connectivity index (χ1v) is 7.91. The van der Waals surface area contributed by atoms with Gasteiger partial charge in [-0.15, -0.1) is 11.3 Å². The summed E-state index contributed by atoms with van der Waals surface area (Å²) in [6, 6.07) is 5.43. The molecular formula is C15H13ClN4OS. The van der Waals surface area contributed by atoms with Crippen molar-refractivity contribution >= 4 is 39.9 Å². The fourth-order valence-corrected chi connectivity index (χ4v) is 3.05. The Hall–Kier alpha value is -2.18. The predicted molar refractivity (Wildman–Crippen MR) is 87.9 cm³/mol. The summed E-state index contributed by atoms with van der Waals surface area (Å²) in [4.78, 5) is 21.2. The average Bonchev–Trinajstić information content (AvgIpc) is 3.07. The number of hydrogen-bond donors (Lipinski definition) is 1. The van der Waals surface area contributed by atoms with Gasteiger partial charge in [-0.25, -0.2) is 4.98 Å². The Labute approximate surface area is 136 Å². The Morgan fingerprint density at radius 1 is 1.50 bits per heavy atom. The van der Waals surface area contributed by atoms with Crippen LogP contribution in [0.4, 0.5) is 0 Å². The number of thiazole rings is 1. The van der Waals surface area contributed by atoms with E-state index in [1.807, 2.05) is 41.1 Å². The van der Waals surface area contributed by atoms with Crippen LogP contribution in [0.25, 0.3) is 11.0 Å². The molecule has 1 unspecified atom stereocenters. The molecule has 0 aliphatic rings. The van der Waals surface area contributed by atoms with Crippen LogP contribution in [0, 0.1) is 0 Å². The van der Waals surface area contributed by atoms with Crippen molar-refractivity contribution in [1.29, 1.82) is 0 Å². The standard InChI is InChI=1S/C15H13ClN4OS/c1-10(11-4-2-3-7-17-11)18-13(21)6-5-12-14(16)19-15-20(12)8-9-22-15/h2-10H,1H3,(H,18,21)/b6-5+. The van der Waals surface area contributed by atoms with Crippen LogP contribution >= 0.6 is 22.9 Å². The fraction of sp³-hybridized carbons (Fsp3) is 0.133. The Morgan fingerprint density at radius 3 is 3.14 bits per heavy atom. The molecule has 3 heterocycles. The summed E-state index contributed by atoms with van der Waals surface area (Å²) >= 11 is 7.57. The molecule has 0 fully saturated rings. The van der Waals surface area contributed by atoms with E-state index in [9.17, 15) is 4.79 Å². The van der Waals surface area contributed by atoms with Gasteiger partial charge in [0.2, 0.25) is 5.91 Å². The third-order valence-corrected chi connectivity index (χ3v) is 4.17. The number of nitrogens with one attached hydrogen (secondary N) is 1. The van der Waals surface area contributed by atoms with Gasteiger partial charge in [-0.05, 0) is 25.1 Å². The number of rotatable bonds is 4. The molecule has 3 aromatic heterocycles. The summed E-state index contributed by atoms with van der Waals surface area (Å²) in [6.07, 6.45) is 6.68. The first kappa shape index (κ1) is 14.7. The van der Waals surface area contributed by atoms with E-state index < -0.39 is 0 Å². The van der Waals surface area contributed by atoms with Gasteiger partial charge in [0, 0.05) is 23.8 Å². The molecule has 112 valence electrons. The number of imidazole rings is 1. The van der Waals surface area contributed by atoms with Crippen LogP contribution < -0.4 is 5.32 Å². The summed E-state index contributed by atoms with van der Waals surface area (Å²) < 4.78 is 1.85. The maximum Gasteiger partial charge on any atom is 0.244 e. The van der Waals surface area contributed by atoms with Gasteiger partial charge in [-0.2, -0.15) is 0 Å². The molecule has 0 spiro atoms. The van der Waals surface area contributed by atoms with Gasteiger partial charge in [-0.3, -0.25) is 14.2 Å². The lowest BCUT2D eigenvalue weighted by Crippen LogP contribution is -2.25. The molecule has 1 N–H and O–H groups in total. The van der Waals surface area contributed by atoms with Gasteiger partial charge in [0.1, 0.15) is 0 Å². The number of fused-ring (bicyclic) bond motifs is 1. The second-order valence-corrected chi connectivity index (χ2v) is 5.89. The molecule has 0 aliphatic carbocycles. The first-order valence-electron chi connectivity index (χ1n) is 6.65. The van der Waals surface area contributed by atoms with E-state index in [1.54, 1.807) is 12.3 Å². The SMILES string of the molecule is CC(NC(=O)/C=C/c1c(Cl)nc2sccn12)c1ccccn1. The van der Waals surface area contributed by atoms with Crippen LogP contribution in [0.15, 0.2) is 42.0 Å². The summed E-state index contributed by atoms with van der Waals surface area (Å²) in [5, 5.41) is 5.16. The number of carbonyl (C=O) groups is 1. The number of nitrogens with zero attached hydrogens (tertiary/aromatic N) is 3. The molecule has 1 atom stereocenters. The molecule has 0 radical (unpaired) electrons. The maximum absolute atomic E-state index is 12.0. The van der Waals surface area contributed by atoms with Gasteiger partial charge in [0.15, 0.2) is 10.1 Å². The highest BCUT2D eigenvalue weighted by Gasteiger charge is 2.10. The molecule has 7 heteroatoms. The second-order valence-electron chi connectivity index (χ2n) is 4.66. The van der Waals surface area contributed by atoms with E-state index in [4.69, 9.17) is 11.6 Å². The zero-order chi connectivity index (χ0) is 15.5. The number of halogens is 1. The quantitative estimate of drug-likeness (QED) is 0.745. The van der Waals surface area contributed by atoms with Crippen LogP contribution in [0.3, 0.4) is 0 Å². The fourth-order valence-electron chi connectivity index (χ4n) is 2.05. The van der Waals surface area contributed by atoms with Crippen molar-refractivity contribution in [1.82, 2.24) is 19.7 Å². The lowest BCUT2D eigenvalue weighted by Gasteiger charge is -2.11. The third-order valence-electron chi connectivity index (χ3n) is 3.14. The molecule has 1 amide bonds. The normalized spacial score (nSPS) is 12.8. The minimum atomic E-state index is -0.209. The zero-order valence-electron chi connectivity index (χ0n) is 11.7. The molecule has 0 saturated carbocycles. The van der Waals surface area contributed by atoms with Crippen molar-refractivity contribution in [2.75, 3.05) is 0 Å². The van der Waals surface area contributed by atoms with Crippen LogP contribution in [0.1, 0.15) is 24.4 Å². The maximum atomic E-state index is 12.0. The van der Waals surface area contributed by atoms with E-state index in [0.29, 0.717) is 10.8 Å². The molecule has 5 nitrogen and oxygen atoms in total. The van der Waals surface area contributed by atoms with Gasteiger partial charge >= 0.3 is 0 Å². The number of amides is 1. The van der Waals surface area contributed by atoms with Crippen LogP contribution in [0.2, 0.25) is 5.15 Å².